The maximum atomic E-state index is 9.32. The van der Waals surface area contributed by atoms with Crippen molar-refractivity contribution in [1.82, 2.24) is 0 Å². The van der Waals surface area contributed by atoms with E-state index < -0.39 is 0 Å². The average Bonchev–Trinajstić information content (AvgIpc) is 2.08. The first kappa shape index (κ1) is 11.5. The van der Waals surface area contributed by atoms with Gasteiger partial charge in [0, 0.05) is 6.04 Å². The number of halogens is 1. The number of rotatable bonds is 3. The van der Waals surface area contributed by atoms with Gasteiger partial charge in [-0.25, -0.2) is 0 Å². The molecule has 0 saturated heterocycles. The van der Waals surface area contributed by atoms with Gasteiger partial charge >= 0.3 is 0 Å². The summed E-state index contributed by atoms with van der Waals surface area (Å²) in [6, 6.07) is 5.46. The molecule has 2 nitrogen and oxygen atoms in total. The molecule has 0 amide bonds. The van der Waals surface area contributed by atoms with E-state index in [1.54, 1.807) is 6.07 Å². The second kappa shape index (κ2) is 4.80. The average molecular weight is 258 g/mol. The van der Waals surface area contributed by atoms with Crippen LogP contribution in [0.3, 0.4) is 0 Å². The van der Waals surface area contributed by atoms with E-state index in [1.165, 1.54) is 0 Å². The first-order valence-corrected chi connectivity index (χ1v) is 5.54. The van der Waals surface area contributed by atoms with Crippen LogP contribution < -0.4 is 5.73 Å². The zero-order chi connectivity index (χ0) is 10.7. The van der Waals surface area contributed by atoms with Crippen LogP contribution in [0.15, 0.2) is 22.7 Å². The highest BCUT2D eigenvalue weighted by atomic mass is 79.9. The molecular weight excluding hydrogens is 242 g/mol. The van der Waals surface area contributed by atoms with Gasteiger partial charge in [0.1, 0.15) is 5.75 Å². The lowest BCUT2D eigenvalue weighted by atomic mass is 9.98. The van der Waals surface area contributed by atoms with Crippen LogP contribution in [-0.2, 0) is 0 Å². The van der Waals surface area contributed by atoms with Gasteiger partial charge in [0.15, 0.2) is 0 Å². The molecule has 14 heavy (non-hydrogen) atoms. The van der Waals surface area contributed by atoms with E-state index in [9.17, 15) is 5.11 Å². The van der Waals surface area contributed by atoms with Gasteiger partial charge in [0.05, 0.1) is 4.47 Å². The number of nitrogens with two attached hydrogens (primary N) is 1. The Balaban J connectivity index is 2.80. The van der Waals surface area contributed by atoms with Crippen molar-refractivity contribution in [2.45, 2.75) is 26.3 Å². The smallest absolute Gasteiger partial charge is 0.129 e. The molecule has 1 rings (SSSR count). The van der Waals surface area contributed by atoms with Gasteiger partial charge in [-0.05, 0) is 46.0 Å². The van der Waals surface area contributed by atoms with E-state index in [0.717, 1.165) is 12.0 Å². The van der Waals surface area contributed by atoms with Gasteiger partial charge in [0.2, 0.25) is 0 Å². The first-order chi connectivity index (χ1) is 6.50. The van der Waals surface area contributed by atoms with Crippen LogP contribution in [0, 0.1) is 5.92 Å². The van der Waals surface area contributed by atoms with Crippen molar-refractivity contribution in [3.05, 3.63) is 28.2 Å². The Kier molecular flexibility index (Phi) is 3.96. The SMILES string of the molecule is CC(C)C[C@@H](N)c1ccc(O)c(Br)c1. The van der Waals surface area contributed by atoms with Crippen molar-refractivity contribution >= 4 is 15.9 Å². The standard InChI is InChI=1S/C11H16BrNO/c1-7(2)5-10(13)8-3-4-11(14)9(12)6-8/h3-4,6-7,10,14H,5,13H2,1-2H3/t10-/m1/s1. The van der Waals surface area contributed by atoms with Crippen molar-refractivity contribution in [1.29, 1.82) is 0 Å². The lowest BCUT2D eigenvalue weighted by Gasteiger charge is -2.14. The van der Waals surface area contributed by atoms with E-state index in [4.69, 9.17) is 5.73 Å². The van der Waals surface area contributed by atoms with Gasteiger partial charge in [-0.15, -0.1) is 0 Å². The second-order valence-corrected chi connectivity index (χ2v) is 4.80. The third-order valence-electron chi connectivity index (χ3n) is 2.13. The number of hydrogen-bond acceptors (Lipinski definition) is 2. The molecule has 0 aliphatic heterocycles. The summed E-state index contributed by atoms with van der Waals surface area (Å²) in [5.41, 5.74) is 7.07. The molecule has 0 aromatic heterocycles. The topological polar surface area (TPSA) is 46.2 Å². The molecule has 0 heterocycles. The second-order valence-electron chi connectivity index (χ2n) is 3.95. The Labute approximate surface area is 93.3 Å². The zero-order valence-corrected chi connectivity index (χ0v) is 10.1. The summed E-state index contributed by atoms with van der Waals surface area (Å²) in [6.07, 6.45) is 0.956. The predicted octanol–water partition coefficient (Wildman–Crippen LogP) is 3.20. The van der Waals surface area contributed by atoms with Crippen LogP contribution in [0.4, 0.5) is 0 Å². The van der Waals surface area contributed by atoms with Gasteiger partial charge in [-0.2, -0.15) is 0 Å². The molecule has 1 aromatic rings. The molecule has 0 aliphatic rings. The Morgan fingerprint density at radius 1 is 1.43 bits per heavy atom. The molecule has 0 fully saturated rings. The summed E-state index contributed by atoms with van der Waals surface area (Å²) in [7, 11) is 0. The fourth-order valence-corrected chi connectivity index (χ4v) is 1.79. The Morgan fingerprint density at radius 3 is 2.57 bits per heavy atom. The third-order valence-corrected chi connectivity index (χ3v) is 2.76. The Hall–Kier alpha value is -0.540. The number of aromatic hydroxyl groups is 1. The molecule has 0 unspecified atom stereocenters. The molecule has 3 heteroatoms. The molecule has 0 aliphatic carbocycles. The summed E-state index contributed by atoms with van der Waals surface area (Å²) in [5.74, 6) is 0.836. The van der Waals surface area contributed by atoms with Crippen molar-refractivity contribution in [3.63, 3.8) is 0 Å². The van der Waals surface area contributed by atoms with E-state index in [1.807, 2.05) is 12.1 Å². The molecule has 0 bridgehead atoms. The number of phenols is 1. The van der Waals surface area contributed by atoms with Gasteiger partial charge in [-0.1, -0.05) is 19.9 Å². The molecule has 78 valence electrons. The molecule has 3 N–H and O–H groups in total. The summed E-state index contributed by atoms with van der Waals surface area (Å²) in [4.78, 5) is 0. The van der Waals surface area contributed by atoms with Gasteiger partial charge in [0.25, 0.3) is 0 Å². The minimum atomic E-state index is 0.0481. The molecule has 0 saturated carbocycles. The molecular formula is C11H16BrNO. The molecule has 0 spiro atoms. The van der Waals surface area contributed by atoms with Crippen LogP contribution in [0.5, 0.6) is 5.75 Å². The van der Waals surface area contributed by atoms with Crippen molar-refractivity contribution in [2.75, 3.05) is 0 Å². The van der Waals surface area contributed by atoms with Gasteiger partial charge in [-0.3, -0.25) is 0 Å². The summed E-state index contributed by atoms with van der Waals surface area (Å²) in [5, 5.41) is 9.32. The zero-order valence-electron chi connectivity index (χ0n) is 8.50. The quantitative estimate of drug-likeness (QED) is 0.874. The van der Waals surface area contributed by atoms with Crippen LogP contribution in [0.2, 0.25) is 0 Å². The fourth-order valence-electron chi connectivity index (χ4n) is 1.40. The number of phenolic OH excluding ortho intramolecular Hbond substituents is 1. The van der Waals surface area contributed by atoms with Crippen molar-refractivity contribution in [3.8, 4) is 5.75 Å². The van der Waals surface area contributed by atoms with E-state index in [-0.39, 0.29) is 11.8 Å². The van der Waals surface area contributed by atoms with Crippen molar-refractivity contribution < 1.29 is 5.11 Å². The predicted molar refractivity (Wildman–Crippen MR) is 62.2 cm³/mol. The summed E-state index contributed by atoms with van der Waals surface area (Å²) >= 11 is 3.28. The lowest BCUT2D eigenvalue weighted by Crippen LogP contribution is -2.12. The van der Waals surface area contributed by atoms with Crippen LogP contribution >= 0.6 is 15.9 Å². The highest BCUT2D eigenvalue weighted by Gasteiger charge is 2.09. The van der Waals surface area contributed by atoms with E-state index in [0.29, 0.717) is 10.4 Å². The van der Waals surface area contributed by atoms with E-state index in [2.05, 4.69) is 29.8 Å². The molecule has 1 aromatic carbocycles. The summed E-state index contributed by atoms with van der Waals surface area (Å²) < 4.78 is 0.703. The van der Waals surface area contributed by atoms with Crippen LogP contribution in [0.1, 0.15) is 31.9 Å². The number of benzene rings is 1. The number of hydrogen-bond donors (Lipinski definition) is 2. The largest absolute Gasteiger partial charge is 0.507 e. The van der Waals surface area contributed by atoms with Crippen molar-refractivity contribution in [2.24, 2.45) is 11.7 Å². The van der Waals surface area contributed by atoms with Crippen LogP contribution in [-0.4, -0.2) is 5.11 Å². The highest BCUT2D eigenvalue weighted by molar-refractivity contribution is 9.10. The fraction of sp³-hybridized carbons (Fsp3) is 0.455. The Bertz CT molecular complexity index is 312. The lowest BCUT2D eigenvalue weighted by molar-refractivity contribution is 0.470. The van der Waals surface area contributed by atoms with Gasteiger partial charge < -0.3 is 10.8 Å². The minimum Gasteiger partial charge on any atom is -0.507 e. The minimum absolute atomic E-state index is 0.0481. The highest BCUT2D eigenvalue weighted by Crippen LogP contribution is 2.28. The first-order valence-electron chi connectivity index (χ1n) is 4.74. The molecule has 0 radical (unpaired) electrons. The molecule has 1 atom stereocenters. The van der Waals surface area contributed by atoms with Crippen LogP contribution in [0.25, 0.3) is 0 Å². The van der Waals surface area contributed by atoms with E-state index >= 15 is 0 Å². The monoisotopic (exact) mass is 257 g/mol. The summed E-state index contributed by atoms with van der Waals surface area (Å²) in [6.45, 7) is 4.30. The Morgan fingerprint density at radius 2 is 2.07 bits per heavy atom. The third kappa shape index (κ3) is 3.00. The maximum absolute atomic E-state index is 9.32. The maximum Gasteiger partial charge on any atom is 0.129 e. The normalized spacial score (nSPS) is 13.2.